The summed E-state index contributed by atoms with van der Waals surface area (Å²) in [6.07, 6.45) is 2.04. The summed E-state index contributed by atoms with van der Waals surface area (Å²) in [6.45, 7) is 3.75. The molecule has 0 spiro atoms. The summed E-state index contributed by atoms with van der Waals surface area (Å²) < 4.78 is 5.53. The van der Waals surface area contributed by atoms with Gasteiger partial charge in [0.15, 0.2) is 0 Å². The van der Waals surface area contributed by atoms with E-state index in [9.17, 15) is 14.4 Å². The Balaban J connectivity index is 1.27. The van der Waals surface area contributed by atoms with Crippen LogP contribution in [0.4, 0.5) is 17.1 Å². The molecule has 3 aromatic rings. The number of amides is 3. The van der Waals surface area contributed by atoms with Gasteiger partial charge in [0.05, 0.1) is 12.6 Å². The number of nitrogens with zero attached hydrogens (tertiary/aromatic N) is 1. The molecule has 0 aromatic heterocycles. The van der Waals surface area contributed by atoms with Crippen molar-refractivity contribution >= 4 is 34.8 Å². The van der Waals surface area contributed by atoms with Gasteiger partial charge in [0, 0.05) is 47.9 Å². The van der Waals surface area contributed by atoms with Gasteiger partial charge in [-0.2, -0.15) is 0 Å². The van der Waals surface area contributed by atoms with E-state index in [0.717, 1.165) is 30.8 Å². The van der Waals surface area contributed by atoms with Crippen LogP contribution in [0.5, 0.6) is 0 Å². The second-order valence-electron chi connectivity index (χ2n) is 8.79. The topological polar surface area (TPSA) is 99.8 Å². The zero-order chi connectivity index (χ0) is 26.0. The zero-order valence-corrected chi connectivity index (χ0v) is 20.9. The van der Waals surface area contributed by atoms with Crippen LogP contribution in [0.1, 0.15) is 40.5 Å². The van der Waals surface area contributed by atoms with E-state index in [1.54, 1.807) is 53.4 Å². The lowest BCUT2D eigenvalue weighted by Crippen LogP contribution is -2.31. The lowest BCUT2D eigenvalue weighted by molar-refractivity contribution is -0.114. The molecule has 4 rings (SSSR count). The molecule has 1 fully saturated rings. The van der Waals surface area contributed by atoms with Crippen LogP contribution in [0, 0.1) is 0 Å². The predicted molar refractivity (Wildman–Crippen MR) is 145 cm³/mol. The first-order valence-electron chi connectivity index (χ1n) is 12.5. The molecule has 1 aliphatic heterocycles. The van der Waals surface area contributed by atoms with Crippen molar-refractivity contribution in [1.82, 2.24) is 5.32 Å². The van der Waals surface area contributed by atoms with Crippen molar-refractivity contribution in [1.29, 1.82) is 0 Å². The normalized spacial score (nSPS) is 14.6. The fourth-order valence-electron chi connectivity index (χ4n) is 4.18. The lowest BCUT2D eigenvalue weighted by Gasteiger charge is -2.21. The number of anilines is 3. The van der Waals surface area contributed by atoms with Crippen LogP contribution in [0.25, 0.3) is 0 Å². The number of carbonyl (C=O) groups excluding carboxylic acids is 3. The summed E-state index contributed by atoms with van der Waals surface area (Å²) in [4.78, 5) is 39.6. The highest BCUT2D eigenvalue weighted by Gasteiger charge is 2.17. The Morgan fingerprint density at radius 1 is 0.919 bits per heavy atom. The van der Waals surface area contributed by atoms with Crippen molar-refractivity contribution in [2.75, 3.05) is 41.8 Å². The van der Waals surface area contributed by atoms with E-state index in [-0.39, 0.29) is 30.4 Å². The van der Waals surface area contributed by atoms with Crippen molar-refractivity contribution < 1.29 is 19.1 Å². The molecule has 8 nitrogen and oxygen atoms in total. The molecule has 1 aliphatic rings. The fraction of sp³-hybridized carbons (Fsp3) is 0.276. The second-order valence-corrected chi connectivity index (χ2v) is 8.79. The minimum absolute atomic E-state index is 0.0356. The van der Waals surface area contributed by atoms with Crippen LogP contribution >= 0.6 is 0 Å². The maximum Gasteiger partial charge on any atom is 0.258 e. The molecule has 0 saturated carbocycles. The summed E-state index contributed by atoms with van der Waals surface area (Å²) in [5.74, 6) is -0.538. The Morgan fingerprint density at radius 2 is 1.70 bits per heavy atom. The van der Waals surface area contributed by atoms with Gasteiger partial charge < -0.3 is 25.6 Å². The summed E-state index contributed by atoms with van der Waals surface area (Å²) in [5, 5.41) is 8.76. The third-order valence-corrected chi connectivity index (χ3v) is 6.14. The number of hydrogen-bond donors (Lipinski definition) is 3. The molecule has 0 radical (unpaired) electrons. The summed E-state index contributed by atoms with van der Waals surface area (Å²) in [5.41, 5.74) is 3.14. The second kappa shape index (κ2) is 12.7. The number of ether oxygens (including phenoxy) is 1. The van der Waals surface area contributed by atoms with Crippen molar-refractivity contribution in [3.05, 3.63) is 90.0 Å². The fourth-order valence-corrected chi connectivity index (χ4v) is 4.18. The maximum absolute atomic E-state index is 12.9. The summed E-state index contributed by atoms with van der Waals surface area (Å²) in [6, 6.07) is 23.4. The number of carbonyl (C=O) groups is 3. The molecule has 1 unspecified atom stereocenters. The van der Waals surface area contributed by atoms with Crippen molar-refractivity contribution in [2.24, 2.45) is 0 Å². The molecule has 3 amide bonds. The number of para-hydroxylation sites is 1. The first-order chi connectivity index (χ1) is 18.0. The van der Waals surface area contributed by atoms with Gasteiger partial charge in [0.1, 0.15) is 0 Å². The summed E-state index contributed by atoms with van der Waals surface area (Å²) in [7, 11) is 0. The van der Waals surface area contributed by atoms with Gasteiger partial charge in [-0.1, -0.05) is 24.3 Å². The van der Waals surface area contributed by atoms with Gasteiger partial charge in [-0.05, 0) is 74.4 Å². The lowest BCUT2D eigenvalue weighted by atomic mass is 10.1. The van der Waals surface area contributed by atoms with Crippen molar-refractivity contribution in [3.63, 3.8) is 0 Å². The number of benzene rings is 3. The van der Waals surface area contributed by atoms with Crippen molar-refractivity contribution in [3.8, 4) is 0 Å². The van der Waals surface area contributed by atoms with E-state index in [1.165, 1.54) is 0 Å². The number of hydrogen-bond acceptors (Lipinski definition) is 5. The monoisotopic (exact) mass is 500 g/mol. The van der Waals surface area contributed by atoms with Crippen LogP contribution in [0.15, 0.2) is 78.9 Å². The van der Waals surface area contributed by atoms with E-state index in [0.29, 0.717) is 29.9 Å². The average Bonchev–Trinajstić information content (AvgIpc) is 3.46. The van der Waals surface area contributed by atoms with E-state index < -0.39 is 0 Å². The van der Waals surface area contributed by atoms with E-state index in [4.69, 9.17) is 4.74 Å². The first-order valence-corrected chi connectivity index (χ1v) is 12.5. The molecule has 3 aromatic carbocycles. The molecule has 37 heavy (non-hydrogen) atoms. The minimum Gasteiger partial charge on any atom is -0.376 e. The number of nitrogens with one attached hydrogen (secondary N) is 3. The first kappa shape index (κ1) is 25.9. The molecule has 1 saturated heterocycles. The molecular weight excluding hydrogens is 468 g/mol. The molecule has 3 N–H and O–H groups in total. The Kier molecular flexibility index (Phi) is 8.89. The molecular formula is C29H32N4O4. The van der Waals surface area contributed by atoms with E-state index in [1.807, 2.05) is 37.3 Å². The van der Waals surface area contributed by atoms with Crippen LogP contribution in [0.3, 0.4) is 0 Å². The SMILES string of the molecule is CCN(C(=O)c1ccc(NCC(=O)Nc2cccc(C(=O)NCC3CCCO3)c2)cc1)c1ccccc1. The van der Waals surface area contributed by atoms with E-state index >= 15 is 0 Å². The Hall–Kier alpha value is -4.17. The smallest absolute Gasteiger partial charge is 0.258 e. The van der Waals surface area contributed by atoms with Crippen LogP contribution in [-0.2, 0) is 9.53 Å². The number of rotatable bonds is 10. The molecule has 1 heterocycles. The predicted octanol–water partition coefficient (Wildman–Crippen LogP) is 4.31. The van der Waals surface area contributed by atoms with Crippen LogP contribution in [-0.4, -0.2) is 50.1 Å². The van der Waals surface area contributed by atoms with Gasteiger partial charge in [-0.3, -0.25) is 14.4 Å². The van der Waals surface area contributed by atoms with Crippen molar-refractivity contribution in [2.45, 2.75) is 25.9 Å². The molecule has 1 atom stereocenters. The Labute approximate surface area is 217 Å². The van der Waals surface area contributed by atoms with Gasteiger partial charge in [0.2, 0.25) is 5.91 Å². The molecule has 0 bridgehead atoms. The quantitative estimate of drug-likeness (QED) is 0.385. The largest absolute Gasteiger partial charge is 0.376 e. The average molecular weight is 501 g/mol. The standard InChI is InChI=1S/C29H32N4O4/c1-2-33(25-10-4-3-5-11-25)29(36)21-13-15-23(16-14-21)30-20-27(34)32-24-9-6-8-22(18-24)28(35)31-19-26-12-7-17-37-26/h3-6,8-11,13-16,18,26,30H,2,7,12,17,19-20H2,1H3,(H,31,35)(H,32,34). The van der Waals surface area contributed by atoms with Gasteiger partial charge in [-0.25, -0.2) is 0 Å². The van der Waals surface area contributed by atoms with Gasteiger partial charge in [0.25, 0.3) is 11.8 Å². The highest BCUT2D eigenvalue weighted by atomic mass is 16.5. The highest BCUT2D eigenvalue weighted by Crippen LogP contribution is 2.18. The zero-order valence-electron chi connectivity index (χ0n) is 20.9. The van der Waals surface area contributed by atoms with Crippen LogP contribution < -0.4 is 20.9 Å². The molecule has 192 valence electrons. The van der Waals surface area contributed by atoms with Gasteiger partial charge >= 0.3 is 0 Å². The molecule has 8 heteroatoms. The van der Waals surface area contributed by atoms with E-state index in [2.05, 4.69) is 16.0 Å². The summed E-state index contributed by atoms with van der Waals surface area (Å²) >= 11 is 0. The Bertz CT molecular complexity index is 1210. The third-order valence-electron chi connectivity index (χ3n) is 6.14. The maximum atomic E-state index is 12.9. The Morgan fingerprint density at radius 3 is 2.41 bits per heavy atom. The minimum atomic E-state index is -0.252. The molecule has 0 aliphatic carbocycles. The third kappa shape index (κ3) is 7.17. The van der Waals surface area contributed by atoms with Gasteiger partial charge in [-0.15, -0.1) is 0 Å². The van der Waals surface area contributed by atoms with Crippen LogP contribution in [0.2, 0.25) is 0 Å². The highest BCUT2D eigenvalue weighted by molar-refractivity contribution is 6.06.